The fourth-order valence-corrected chi connectivity index (χ4v) is 5.19. The molecule has 0 fully saturated rings. The van der Waals surface area contributed by atoms with Crippen molar-refractivity contribution in [2.45, 2.75) is 12.5 Å². The smallest absolute Gasteiger partial charge is 0.348 e. The van der Waals surface area contributed by atoms with Crippen molar-refractivity contribution < 1.29 is 14.3 Å². The molecular weight excluding hydrogens is 424 g/mol. The van der Waals surface area contributed by atoms with Gasteiger partial charge in [0, 0.05) is 11.3 Å². The van der Waals surface area contributed by atoms with Crippen LogP contribution in [0.3, 0.4) is 0 Å². The standard InChI is InChI=1S/C18H13ClN2O3S3/c19-16-6-5-15(27-16)18(23)24-10-17(22)21-12(14-4-2-8-26-14)9-11(20-21)13-3-1-7-25-13/h1-8,12H,9-10H2. The van der Waals surface area contributed by atoms with Crippen LogP contribution in [0, 0.1) is 0 Å². The van der Waals surface area contributed by atoms with Gasteiger partial charge in [-0.25, -0.2) is 9.80 Å². The van der Waals surface area contributed by atoms with E-state index in [2.05, 4.69) is 5.10 Å². The summed E-state index contributed by atoms with van der Waals surface area (Å²) in [5.74, 6) is -0.912. The number of thiophene rings is 3. The number of carbonyl (C=O) groups is 2. The molecule has 4 rings (SSSR count). The number of nitrogens with zero attached hydrogens (tertiary/aromatic N) is 2. The Labute approximate surface area is 172 Å². The van der Waals surface area contributed by atoms with Crippen LogP contribution in [0.4, 0.5) is 0 Å². The molecule has 3 aromatic heterocycles. The Morgan fingerprint density at radius 3 is 2.67 bits per heavy atom. The summed E-state index contributed by atoms with van der Waals surface area (Å²) in [6.45, 7) is -0.364. The summed E-state index contributed by atoms with van der Waals surface area (Å²) in [5.41, 5.74) is 0.869. The third-order valence-electron chi connectivity index (χ3n) is 3.94. The Kier molecular flexibility index (Phi) is 5.40. The molecule has 1 unspecified atom stereocenters. The lowest BCUT2D eigenvalue weighted by molar-refractivity contribution is -0.136. The Morgan fingerprint density at radius 2 is 2.00 bits per heavy atom. The van der Waals surface area contributed by atoms with Gasteiger partial charge in [0.15, 0.2) is 6.61 Å². The van der Waals surface area contributed by atoms with Crippen molar-refractivity contribution in [2.24, 2.45) is 5.10 Å². The van der Waals surface area contributed by atoms with Crippen LogP contribution in [0.2, 0.25) is 4.34 Å². The first kappa shape index (κ1) is 18.4. The minimum absolute atomic E-state index is 0.176. The number of amides is 1. The van der Waals surface area contributed by atoms with E-state index in [1.807, 2.05) is 35.0 Å². The van der Waals surface area contributed by atoms with E-state index < -0.39 is 5.97 Å². The number of hydrazone groups is 1. The maximum absolute atomic E-state index is 12.7. The highest BCUT2D eigenvalue weighted by Gasteiger charge is 2.34. The molecule has 0 radical (unpaired) electrons. The minimum Gasteiger partial charge on any atom is -0.451 e. The van der Waals surface area contributed by atoms with E-state index in [0.717, 1.165) is 26.8 Å². The number of hydrogen-bond donors (Lipinski definition) is 0. The molecule has 1 aliphatic rings. The highest BCUT2D eigenvalue weighted by molar-refractivity contribution is 7.17. The monoisotopic (exact) mass is 436 g/mol. The zero-order chi connectivity index (χ0) is 18.8. The molecule has 3 aromatic rings. The molecule has 1 atom stereocenters. The first-order valence-electron chi connectivity index (χ1n) is 8.01. The quantitative estimate of drug-likeness (QED) is 0.525. The molecule has 0 N–H and O–H groups in total. The molecule has 0 saturated heterocycles. The van der Waals surface area contributed by atoms with E-state index in [-0.39, 0.29) is 18.6 Å². The predicted molar refractivity (Wildman–Crippen MR) is 109 cm³/mol. The molecule has 27 heavy (non-hydrogen) atoms. The molecule has 1 aliphatic heterocycles. The lowest BCUT2D eigenvalue weighted by Crippen LogP contribution is -2.31. The van der Waals surface area contributed by atoms with E-state index in [1.165, 1.54) is 5.01 Å². The van der Waals surface area contributed by atoms with E-state index in [1.54, 1.807) is 34.8 Å². The van der Waals surface area contributed by atoms with Crippen molar-refractivity contribution in [3.05, 3.63) is 66.1 Å². The van der Waals surface area contributed by atoms with Crippen molar-refractivity contribution >= 4 is 63.2 Å². The van der Waals surface area contributed by atoms with Gasteiger partial charge in [0.25, 0.3) is 5.91 Å². The van der Waals surface area contributed by atoms with Crippen LogP contribution in [-0.2, 0) is 9.53 Å². The summed E-state index contributed by atoms with van der Waals surface area (Å²) in [7, 11) is 0. The van der Waals surface area contributed by atoms with E-state index >= 15 is 0 Å². The van der Waals surface area contributed by atoms with E-state index in [9.17, 15) is 9.59 Å². The Balaban J connectivity index is 1.49. The Hall–Kier alpha value is -2.00. The number of halogens is 1. The van der Waals surface area contributed by atoms with E-state index in [0.29, 0.717) is 15.6 Å². The zero-order valence-electron chi connectivity index (χ0n) is 13.8. The molecule has 1 amide bonds. The maximum atomic E-state index is 12.7. The van der Waals surface area contributed by atoms with Gasteiger partial charge >= 0.3 is 5.97 Å². The van der Waals surface area contributed by atoms with Crippen LogP contribution in [-0.4, -0.2) is 29.2 Å². The number of ether oxygens (including phenoxy) is 1. The Bertz CT molecular complexity index is 980. The average Bonchev–Trinajstić information content (AvgIpc) is 3.45. The van der Waals surface area contributed by atoms with Gasteiger partial charge < -0.3 is 4.74 Å². The molecule has 0 aliphatic carbocycles. The molecule has 0 aromatic carbocycles. The normalized spacial score (nSPS) is 16.4. The number of carbonyl (C=O) groups excluding carboxylic acids is 2. The highest BCUT2D eigenvalue weighted by atomic mass is 35.5. The highest BCUT2D eigenvalue weighted by Crippen LogP contribution is 2.36. The van der Waals surface area contributed by atoms with Gasteiger partial charge in [-0.2, -0.15) is 5.10 Å². The van der Waals surface area contributed by atoms with Crippen LogP contribution in [0.1, 0.15) is 31.9 Å². The molecule has 0 saturated carbocycles. The van der Waals surface area contributed by atoms with Gasteiger partial charge in [0.1, 0.15) is 4.88 Å². The summed E-state index contributed by atoms with van der Waals surface area (Å²) < 4.78 is 5.66. The molecular formula is C18H13ClN2O3S3. The van der Waals surface area contributed by atoms with E-state index in [4.69, 9.17) is 16.3 Å². The largest absolute Gasteiger partial charge is 0.451 e. The molecule has 138 valence electrons. The van der Waals surface area contributed by atoms with Crippen molar-refractivity contribution in [1.29, 1.82) is 0 Å². The predicted octanol–water partition coefficient (Wildman–Crippen LogP) is 5.06. The summed E-state index contributed by atoms with van der Waals surface area (Å²) in [6.07, 6.45) is 0.640. The Morgan fingerprint density at radius 1 is 1.19 bits per heavy atom. The third kappa shape index (κ3) is 3.98. The second-order valence-electron chi connectivity index (χ2n) is 5.68. The van der Waals surface area contributed by atoms with Crippen LogP contribution in [0.25, 0.3) is 0 Å². The van der Waals surface area contributed by atoms with Crippen LogP contribution in [0.5, 0.6) is 0 Å². The van der Waals surface area contributed by atoms with Crippen LogP contribution in [0.15, 0.2) is 52.3 Å². The third-order valence-corrected chi connectivity index (χ3v) is 7.05. The summed E-state index contributed by atoms with van der Waals surface area (Å²) in [6, 6.07) is 10.9. The van der Waals surface area contributed by atoms with Gasteiger partial charge in [-0.15, -0.1) is 34.0 Å². The molecule has 4 heterocycles. The topological polar surface area (TPSA) is 59.0 Å². The van der Waals surface area contributed by atoms with Crippen molar-refractivity contribution in [1.82, 2.24) is 5.01 Å². The van der Waals surface area contributed by atoms with Crippen molar-refractivity contribution in [3.8, 4) is 0 Å². The lowest BCUT2D eigenvalue weighted by Gasteiger charge is -2.20. The maximum Gasteiger partial charge on any atom is 0.348 e. The summed E-state index contributed by atoms with van der Waals surface area (Å²) >= 11 is 10.1. The zero-order valence-corrected chi connectivity index (χ0v) is 17.0. The SMILES string of the molecule is O=C(OCC(=O)N1N=C(c2cccs2)CC1c1cccs1)c1ccc(Cl)s1. The van der Waals surface area contributed by atoms with Crippen LogP contribution >= 0.6 is 45.6 Å². The molecule has 5 nitrogen and oxygen atoms in total. The number of rotatable bonds is 5. The fourth-order valence-electron chi connectivity index (χ4n) is 2.72. The van der Waals surface area contributed by atoms with Gasteiger partial charge in [-0.1, -0.05) is 23.7 Å². The summed E-state index contributed by atoms with van der Waals surface area (Å²) in [4.78, 5) is 27.3. The van der Waals surface area contributed by atoms with Gasteiger partial charge in [0.2, 0.25) is 0 Å². The molecule has 9 heteroatoms. The van der Waals surface area contributed by atoms with Crippen LogP contribution < -0.4 is 0 Å². The number of esters is 1. The van der Waals surface area contributed by atoms with Gasteiger partial charge in [0.05, 0.1) is 21.0 Å². The first-order chi connectivity index (χ1) is 13.1. The molecule has 0 spiro atoms. The van der Waals surface area contributed by atoms with Gasteiger partial charge in [-0.05, 0) is 35.0 Å². The number of hydrogen-bond acceptors (Lipinski definition) is 7. The average molecular weight is 437 g/mol. The fraction of sp³-hybridized carbons (Fsp3) is 0.167. The van der Waals surface area contributed by atoms with Crippen molar-refractivity contribution in [3.63, 3.8) is 0 Å². The van der Waals surface area contributed by atoms with Gasteiger partial charge in [-0.3, -0.25) is 4.79 Å². The summed E-state index contributed by atoms with van der Waals surface area (Å²) in [5, 5.41) is 9.93. The second-order valence-corrected chi connectivity index (χ2v) is 9.32. The molecule has 0 bridgehead atoms. The van der Waals surface area contributed by atoms with Crippen molar-refractivity contribution in [2.75, 3.05) is 6.61 Å². The first-order valence-corrected chi connectivity index (χ1v) is 11.0. The lowest BCUT2D eigenvalue weighted by atomic mass is 10.1. The second kappa shape index (κ2) is 7.93. The minimum atomic E-state index is -0.561.